The molecule has 0 unspecified atom stereocenters. The number of thiazole rings is 1. The number of hydrogen-bond donors (Lipinski definition) is 1. The van der Waals surface area contributed by atoms with Crippen molar-refractivity contribution in [3.05, 3.63) is 28.0 Å². The molecule has 0 radical (unpaired) electrons. The summed E-state index contributed by atoms with van der Waals surface area (Å²) in [5.41, 5.74) is 1.96. The van der Waals surface area contributed by atoms with Crippen LogP contribution in [0.4, 0.5) is 5.13 Å². The van der Waals surface area contributed by atoms with Crippen LogP contribution in [-0.2, 0) is 26.1 Å². The van der Waals surface area contributed by atoms with Gasteiger partial charge in [-0.3, -0.25) is 4.79 Å². The third-order valence-corrected chi connectivity index (χ3v) is 8.63. The zero-order valence-electron chi connectivity index (χ0n) is 19.1. The van der Waals surface area contributed by atoms with E-state index in [1.54, 1.807) is 25.3 Å². The lowest BCUT2D eigenvalue weighted by molar-refractivity contribution is -0.120. The molecule has 2 aromatic heterocycles. The molecule has 176 valence electrons. The van der Waals surface area contributed by atoms with Crippen LogP contribution in [0.25, 0.3) is 0 Å². The fourth-order valence-corrected chi connectivity index (χ4v) is 6.88. The number of piperidine rings is 1. The number of anilines is 1. The summed E-state index contributed by atoms with van der Waals surface area (Å²) >= 11 is 1.33. The highest BCUT2D eigenvalue weighted by atomic mass is 32.2. The number of aromatic nitrogens is 2. The molecular weight excluding hydrogens is 452 g/mol. The van der Waals surface area contributed by atoms with Gasteiger partial charge in [0, 0.05) is 36.4 Å². The third-order valence-electron chi connectivity index (χ3n) is 5.72. The highest BCUT2D eigenvalue weighted by Crippen LogP contribution is 2.33. The molecule has 0 aliphatic carbocycles. The summed E-state index contributed by atoms with van der Waals surface area (Å²) in [6.07, 6.45) is 1.14. The topological polar surface area (TPSA) is 111 Å². The van der Waals surface area contributed by atoms with Crippen LogP contribution in [0, 0.1) is 26.7 Å². The van der Waals surface area contributed by atoms with Crippen LogP contribution in [0.1, 0.15) is 54.1 Å². The molecule has 0 spiro atoms. The number of nitrogens with zero attached hydrogens (tertiary/aromatic N) is 3. The largest absolute Gasteiger partial charge is 0.462 e. The van der Waals surface area contributed by atoms with E-state index in [4.69, 9.17) is 4.74 Å². The molecule has 1 amide bonds. The van der Waals surface area contributed by atoms with Gasteiger partial charge in [0.05, 0.1) is 18.2 Å². The van der Waals surface area contributed by atoms with Gasteiger partial charge in [-0.15, -0.1) is 11.3 Å². The van der Waals surface area contributed by atoms with Gasteiger partial charge in [0.15, 0.2) is 5.13 Å². The molecule has 0 bridgehead atoms. The number of amides is 1. The van der Waals surface area contributed by atoms with Crippen molar-refractivity contribution in [3.63, 3.8) is 0 Å². The average molecular weight is 483 g/mol. The smallest absolute Gasteiger partial charge is 0.341 e. The van der Waals surface area contributed by atoms with Crippen LogP contribution >= 0.6 is 11.3 Å². The first-order valence-corrected chi connectivity index (χ1v) is 13.0. The van der Waals surface area contributed by atoms with Crippen molar-refractivity contribution in [1.29, 1.82) is 0 Å². The van der Waals surface area contributed by atoms with E-state index in [0.29, 0.717) is 42.5 Å². The second-order valence-corrected chi connectivity index (χ2v) is 10.6. The Morgan fingerprint density at radius 3 is 2.56 bits per heavy atom. The Hall–Kier alpha value is -2.24. The predicted octanol–water partition coefficient (Wildman–Crippen LogP) is 3.11. The zero-order valence-corrected chi connectivity index (χ0v) is 20.7. The Balaban J connectivity index is 1.92. The molecule has 1 atom stereocenters. The lowest BCUT2D eigenvalue weighted by Gasteiger charge is -2.31. The number of hydrogen-bond acceptors (Lipinski definition) is 7. The lowest BCUT2D eigenvalue weighted by Crippen LogP contribution is -2.44. The number of carbonyl (C=O) groups excluding carboxylic acids is 2. The van der Waals surface area contributed by atoms with Crippen LogP contribution in [-0.4, -0.2) is 53.8 Å². The van der Waals surface area contributed by atoms with Gasteiger partial charge in [0.1, 0.15) is 10.5 Å². The molecular formula is C21H30N4O5S2. The van der Waals surface area contributed by atoms with Crippen LogP contribution in [0.3, 0.4) is 0 Å². The first-order valence-electron chi connectivity index (χ1n) is 10.7. The fourth-order valence-electron chi connectivity index (χ4n) is 4.21. The standard InChI is InChI=1S/C21H30N4O5S2/c1-6-25-14(4)17(20(27)30-7-2)18(15(25)5)32(28,29)24-10-8-9-16(11-24)19(26)23-21-22-13(3)12-31-21/h12,16H,6-11H2,1-5H3,(H,22,23,26)/t16-/m1/s1. The number of aryl methyl sites for hydroxylation is 1. The second kappa shape index (κ2) is 9.72. The number of rotatable bonds is 7. The molecule has 0 aromatic carbocycles. The van der Waals surface area contributed by atoms with E-state index in [0.717, 1.165) is 5.69 Å². The van der Waals surface area contributed by atoms with Gasteiger partial charge < -0.3 is 14.6 Å². The molecule has 1 aliphatic rings. The highest BCUT2D eigenvalue weighted by molar-refractivity contribution is 7.89. The van der Waals surface area contributed by atoms with Crippen molar-refractivity contribution in [2.45, 2.75) is 58.9 Å². The Morgan fingerprint density at radius 2 is 1.97 bits per heavy atom. The average Bonchev–Trinajstić information content (AvgIpc) is 3.27. The Kier molecular flexibility index (Phi) is 7.41. The summed E-state index contributed by atoms with van der Waals surface area (Å²) in [5, 5.41) is 5.14. The second-order valence-electron chi connectivity index (χ2n) is 7.83. The maximum Gasteiger partial charge on any atom is 0.341 e. The summed E-state index contributed by atoms with van der Waals surface area (Å²) in [6.45, 7) is 9.87. The molecule has 1 aliphatic heterocycles. The lowest BCUT2D eigenvalue weighted by atomic mass is 9.99. The number of nitrogens with one attached hydrogen (secondary N) is 1. The minimum atomic E-state index is -4.01. The third kappa shape index (κ3) is 4.60. The van der Waals surface area contributed by atoms with E-state index < -0.39 is 21.9 Å². The van der Waals surface area contributed by atoms with E-state index in [-0.39, 0.29) is 29.5 Å². The molecule has 2 aromatic rings. The Labute approximate surface area is 192 Å². The molecule has 32 heavy (non-hydrogen) atoms. The maximum absolute atomic E-state index is 13.7. The summed E-state index contributed by atoms with van der Waals surface area (Å²) < 4.78 is 35.7. The number of esters is 1. The van der Waals surface area contributed by atoms with Crippen molar-refractivity contribution >= 4 is 38.4 Å². The fraction of sp³-hybridized carbons (Fsp3) is 0.571. The van der Waals surface area contributed by atoms with Crippen LogP contribution < -0.4 is 5.32 Å². The molecule has 11 heteroatoms. The molecule has 1 fully saturated rings. The van der Waals surface area contributed by atoms with Crippen LogP contribution in [0.15, 0.2) is 10.3 Å². The van der Waals surface area contributed by atoms with Gasteiger partial charge in [-0.1, -0.05) is 0 Å². The van der Waals surface area contributed by atoms with Crippen molar-refractivity contribution in [2.75, 3.05) is 25.0 Å². The monoisotopic (exact) mass is 482 g/mol. The number of sulfonamides is 1. The van der Waals surface area contributed by atoms with Crippen molar-refractivity contribution < 1.29 is 22.7 Å². The summed E-state index contributed by atoms with van der Waals surface area (Å²) in [6, 6.07) is 0. The molecule has 1 saturated heterocycles. The number of ether oxygens (including phenoxy) is 1. The molecule has 3 heterocycles. The first-order chi connectivity index (χ1) is 15.1. The van der Waals surface area contributed by atoms with E-state index >= 15 is 0 Å². The van der Waals surface area contributed by atoms with E-state index in [2.05, 4.69) is 10.3 Å². The van der Waals surface area contributed by atoms with E-state index in [1.807, 2.05) is 19.2 Å². The normalized spacial score (nSPS) is 17.3. The maximum atomic E-state index is 13.7. The van der Waals surface area contributed by atoms with Gasteiger partial charge in [-0.25, -0.2) is 18.2 Å². The number of carbonyl (C=O) groups is 2. The minimum Gasteiger partial charge on any atom is -0.462 e. The van der Waals surface area contributed by atoms with Gasteiger partial charge in [-0.2, -0.15) is 4.31 Å². The van der Waals surface area contributed by atoms with Gasteiger partial charge >= 0.3 is 5.97 Å². The minimum absolute atomic E-state index is 0.0214. The van der Waals surface area contributed by atoms with E-state index in [9.17, 15) is 18.0 Å². The van der Waals surface area contributed by atoms with Crippen molar-refractivity contribution in [2.24, 2.45) is 5.92 Å². The SMILES string of the molecule is CCOC(=O)c1c(S(=O)(=O)N2CCC[C@@H](C(=O)Nc3nc(C)cs3)C2)c(C)n(CC)c1C. The van der Waals surface area contributed by atoms with Crippen molar-refractivity contribution in [3.8, 4) is 0 Å². The van der Waals surface area contributed by atoms with Crippen molar-refractivity contribution in [1.82, 2.24) is 13.9 Å². The van der Waals surface area contributed by atoms with Gasteiger partial charge in [-0.05, 0) is 47.5 Å². The van der Waals surface area contributed by atoms with E-state index in [1.165, 1.54) is 15.6 Å². The summed E-state index contributed by atoms with van der Waals surface area (Å²) in [7, 11) is -4.01. The predicted molar refractivity (Wildman–Crippen MR) is 123 cm³/mol. The first kappa shape index (κ1) is 24.4. The van der Waals surface area contributed by atoms with Crippen LogP contribution in [0.5, 0.6) is 0 Å². The Morgan fingerprint density at radius 1 is 1.25 bits per heavy atom. The van der Waals surface area contributed by atoms with Gasteiger partial charge in [0.2, 0.25) is 15.9 Å². The molecule has 1 N–H and O–H groups in total. The summed E-state index contributed by atoms with van der Waals surface area (Å²) in [4.78, 5) is 29.7. The zero-order chi connectivity index (χ0) is 23.6. The molecule has 0 saturated carbocycles. The Bertz CT molecular complexity index is 1120. The van der Waals surface area contributed by atoms with Crippen LogP contribution in [0.2, 0.25) is 0 Å². The van der Waals surface area contributed by atoms with Gasteiger partial charge in [0.25, 0.3) is 0 Å². The quantitative estimate of drug-likeness (QED) is 0.607. The highest BCUT2D eigenvalue weighted by Gasteiger charge is 2.39. The molecule has 9 nitrogen and oxygen atoms in total. The molecule has 3 rings (SSSR count). The summed E-state index contributed by atoms with van der Waals surface area (Å²) in [5.74, 6) is -1.39.